The van der Waals surface area contributed by atoms with Crippen LogP contribution in [0.2, 0.25) is 0 Å². The fraction of sp³-hybridized carbons (Fsp3) is 0.148. The fourth-order valence-electron chi connectivity index (χ4n) is 3.45. The van der Waals surface area contributed by atoms with Gasteiger partial charge in [-0.15, -0.1) is 0 Å². The quantitative estimate of drug-likeness (QED) is 0.318. The van der Waals surface area contributed by atoms with E-state index < -0.39 is 16.1 Å². The lowest BCUT2D eigenvalue weighted by molar-refractivity contribution is -0.122. The van der Waals surface area contributed by atoms with Gasteiger partial charge in [-0.05, 0) is 66.1 Å². The summed E-state index contributed by atoms with van der Waals surface area (Å²) in [4.78, 5) is 12.9. The molecule has 0 spiro atoms. The predicted octanol–water partition coefficient (Wildman–Crippen LogP) is 5.22. The maximum Gasteiger partial charge on any atom is 0.265 e. The summed E-state index contributed by atoms with van der Waals surface area (Å²) < 4.78 is 38.5. The van der Waals surface area contributed by atoms with Gasteiger partial charge in [0.1, 0.15) is 11.5 Å². The Bertz CT molecular complexity index is 1340. The number of benzene rings is 3. The zero-order valence-corrected chi connectivity index (χ0v) is 20.0. The van der Waals surface area contributed by atoms with Crippen molar-refractivity contribution in [3.8, 4) is 16.9 Å². The van der Waals surface area contributed by atoms with Crippen LogP contribution in [0.25, 0.3) is 11.1 Å². The van der Waals surface area contributed by atoms with Crippen LogP contribution in [-0.4, -0.2) is 20.4 Å². The Morgan fingerprint density at radius 2 is 1.57 bits per heavy atom. The minimum atomic E-state index is -3.71. The van der Waals surface area contributed by atoms with E-state index in [4.69, 9.17) is 9.15 Å². The van der Waals surface area contributed by atoms with Crippen molar-refractivity contribution in [3.63, 3.8) is 0 Å². The molecule has 7 nitrogen and oxygen atoms in total. The highest BCUT2D eigenvalue weighted by Gasteiger charge is 2.20. The first-order chi connectivity index (χ1) is 16.9. The number of ether oxygens (including phenoxy) is 1. The normalized spacial score (nSPS) is 12.1. The fourth-order valence-corrected chi connectivity index (χ4v) is 4.44. The Morgan fingerprint density at radius 3 is 2.20 bits per heavy atom. The number of rotatable bonds is 10. The van der Waals surface area contributed by atoms with E-state index in [1.54, 1.807) is 24.3 Å². The van der Waals surface area contributed by atoms with Crippen molar-refractivity contribution < 1.29 is 22.4 Å². The third-order valence-electron chi connectivity index (χ3n) is 5.35. The van der Waals surface area contributed by atoms with Crippen LogP contribution in [-0.2, 0) is 21.4 Å². The van der Waals surface area contributed by atoms with Crippen LogP contribution in [0.3, 0.4) is 0 Å². The number of carbonyl (C=O) groups is 1. The third kappa shape index (κ3) is 6.38. The Labute approximate surface area is 204 Å². The summed E-state index contributed by atoms with van der Waals surface area (Å²) in [5, 5.41) is 2.79. The van der Waals surface area contributed by atoms with Gasteiger partial charge in [-0.1, -0.05) is 49.4 Å². The minimum absolute atomic E-state index is 0.0513. The van der Waals surface area contributed by atoms with Crippen LogP contribution in [0, 0.1) is 0 Å². The standard InChI is InChI=1S/C27H26N2O5S/c1-2-26(34-23-14-10-21(11-15-23)20-7-4-3-5-8-20)27(30)29-22-12-16-25(17-13-22)35(31,32)28-19-24-9-6-18-33-24/h3-18,26,28H,2,19H2,1H3,(H,29,30). The van der Waals surface area contributed by atoms with Gasteiger partial charge in [-0.2, -0.15) is 0 Å². The van der Waals surface area contributed by atoms with Crippen molar-refractivity contribution in [2.75, 3.05) is 5.32 Å². The van der Waals surface area contributed by atoms with Gasteiger partial charge in [0, 0.05) is 5.69 Å². The second kappa shape index (κ2) is 11.0. The van der Waals surface area contributed by atoms with Gasteiger partial charge in [0.2, 0.25) is 10.0 Å². The molecule has 1 aromatic heterocycles. The first-order valence-corrected chi connectivity index (χ1v) is 12.7. The average molecular weight is 491 g/mol. The van der Waals surface area contributed by atoms with Crippen LogP contribution in [0.15, 0.2) is 107 Å². The van der Waals surface area contributed by atoms with Gasteiger partial charge in [0.25, 0.3) is 5.91 Å². The van der Waals surface area contributed by atoms with Gasteiger partial charge < -0.3 is 14.5 Å². The summed E-state index contributed by atoms with van der Waals surface area (Å²) in [6.45, 7) is 1.92. The summed E-state index contributed by atoms with van der Waals surface area (Å²) in [6, 6.07) is 26.9. The summed E-state index contributed by atoms with van der Waals surface area (Å²) in [5.41, 5.74) is 2.64. The maximum atomic E-state index is 12.8. The Kier molecular flexibility index (Phi) is 7.64. The molecule has 8 heteroatoms. The minimum Gasteiger partial charge on any atom is -0.481 e. The van der Waals surface area contributed by atoms with Crippen LogP contribution >= 0.6 is 0 Å². The van der Waals surface area contributed by atoms with Crippen molar-refractivity contribution >= 4 is 21.6 Å². The van der Waals surface area contributed by atoms with Crippen molar-refractivity contribution in [3.05, 3.63) is 103 Å². The van der Waals surface area contributed by atoms with Gasteiger partial charge in [-0.25, -0.2) is 13.1 Å². The van der Waals surface area contributed by atoms with Crippen molar-refractivity contribution in [2.45, 2.75) is 30.9 Å². The zero-order chi connectivity index (χ0) is 24.7. The first-order valence-electron chi connectivity index (χ1n) is 11.2. The molecule has 35 heavy (non-hydrogen) atoms. The molecular weight excluding hydrogens is 464 g/mol. The highest BCUT2D eigenvalue weighted by atomic mass is 32.2. The van der Waals surface area contributed by atoms with Crippen molar-refractivity contribution in [1.29, 1.82) is 0 Å². The van der Waals surface area contributed by atoms with Crippen LogP contribution < -0.4 is 14.8 Å². The lowest BCUT2D eigenvalue weighted by Crippen LogP contribution is -2.32. The summed E-state index contributed by atoms with van der Waals surface area (Å²) in [6.07, 6.45) is 1.25. The summed E-state index contributed by atoms with van der Waals surface area (Å²) in [5.74, 6) is 0.791. The molecule has 4 rings (SSSR count). The Morgan fingerprint density at radius 1 is 0.886 bits per heavy atom. The predicted molar refractivity (Wildman–Crippen MR) is 134 cm³/mol. The molecule has 2 N–H and O–H groups in total. The Balaban J connectivity index is 1.35. The third-order valence-corrected chi connectivity index (χ3v) is 6.77. The molecular formula is C27H26N2O5S. The average Bonchev–Trinajstić information content (AvgIpc) is 3.41. The zero-order valence-electron chi connectivity index (χ0n) is 19.2. The number of anilines is 1. The number of sulfonamides is 1. The van der Waals surface area contributed by atoms with E-state index in [1.807, 2.05) is 61.5 Å². The number of hydrogen-bond acceptors (Lipinski definition) is 5. The lowest BCUT2D eigenvalue weighted by atomic mass is 10.1. The van der Waals surface area contributed by atoms with Gasteiger partial charge in [-0.3, -0.25) is 4.79 Å². The molecule has 3 aromatic carbocycles. The summed E-state index contributed by atoms with van der Waals surface area (Å²) >= 11 is 0. The van der Waals surface area contributed by atoms with E-state index >= 15 is 0 Å². The molecule has 1 atom stereocenters. The smallest absolute Gasteiger partial charge is 0.265 e. The number of hydrogen-bond donors (Lipinski definition) is 2. The molecule has 0 aliphatic rings. The molecule has 0 bridgehead atoms. The van der Waals surface area contributed by atoms with Gasteiger partial charge >= 0.3 is 0 Å². The van der Waals surface area contributed by atoms with Gasteiger partial charge in [0.05, 0.1) is 17.7 Å². The van der Waals surface area contributed by atoms with E-state index in [0.717, 1.165) is 11.1 Å². The van der Waals surface area contributed by atoms with Crippen LogP contribution in [0.4, 0.5) is 5.69 Å². The van der Waals surface area contributed by atoms with E-state index in [2.05, 4.69) is 10.0 Å². The molecule has 1 amide bonds. The second-order valence-corrected chi connectivity index (χ2v) is 9.59. The van der Waals surface area contributed by atoms with E-state index in [-0.39, 0.29) is 17.3 Å². The van der Waals surface area contributed by atoms with E-state index in [9.17, 15) is 13.2 Å². The molecule has 0 saturated heterocycles. The van der Waals surface area contributed by atoms with E-state index in [0.29, 0.717) is 23.6 Å². The molecule has 0 aliphatic carbocycles. The molecule has 0 fully saturated rings. The van der Waals surface area contributed by atoms with Crippen molar-refractivity contribution in [1.82, 2.24) is 4.72 Å². The first kappa shape index (κ1) is 24.3. The monoisotopic (exact) mass is 490 g/mol. The lowest BCUT2D eigenvalue weighted by Gasteiger charge is -2.18. The number of furan rings is 1. The number of nitrogens with one attached hydrogen (secondary N) is 2. The maximum absolute atomic E-state index is 12.8. The van der Waals surface area contributed by atoms with Gasteiger partial charge in [0.15, 0.2) is 6.10 Å². The molecule has 1 heterocycles. The number of amides is 1. The number of carbonyl (C=O) groups excluding carboxylic acids is 1. The SMILES string of the molecule is CCC(Oc1ccc(-c2ccccc2)cc1)C(=O)Nc1ccc(S(=O)(=O)NCc2ccco2)cc1. The Hall–Kier alpha value is -3.88. The summed E-state index contributed by atoms with van der Waals surface area (Å²) in [7, 11) is -3.71. The molecule has 0 radical (unpaired) electrons. The van der Waals surface area contributed by atoms with Crippen LogP contribution in [0.1, 0.15) is 19.1 Å². The molecule has 0 saturated carbocycles. The van der Waals surface area contributed by atoms with E-state index in [1.165, 1.54) is 18.4 Å². The second-order valence-electron chi connectivity index (χ2n) is 7.82. The molecule has 0 aliphatic heterocycles. The highest BCUT2D eigenvalue weighted by Crippen LogP contribution is 2.23. The molecule has 4 aromatic rings. The van der Waals surface area contributed by atoms with Crippen molar-refractivity contribution in [2.24, 2.45) is 0 Å². The highest BCUT2D eigenvalue weighted by molar-refractivity contribution is 7.89. The largest absolute Gasteiger partial charge is 0.481 e. The molecule has 180 valence electrons. The topological polar surface area (TPSA) is 97.6 Å². The molecule has 1 unspecified atom stereocenters. The van der Waals surface area contributed by atoms with Crippen LogP contribution in [0.5, 0.6) is 5.75 Å².